The van der Waals surface area contributed by atoms with Crippen molar-refractivity contribution in [2.75, 3.05) is 13.6 Å². The van der Waals surface area contributed by atoms with Gasteiger partial charge in [0.25, 0.3) is 0 Å². The molecule has 0 bridgehead atoms. The molecule has 4 heteroatoms. The normalized spacial score (nSPS) is 16.8. The van der Waals surface area contributed by atoms with Crippen LogP contribution in [0.1, 0.15) is 39.3 Å². The zero-order valence-corrected chi connectivity index (χ0v) is 12.1. The molecule has 0 unspecified atom stereocenters. The van der Waals surface area contributed by atoms with Gasteiger partial charge in [-0.1, -0.05) is 20.8 Å². The van der Waals surface area contributed by atoms with Gasteiger partial charge in [0.15, 0.2) is 4.77 Å². The summed E-state index contributed by atoms with van der Waals surface area (Å²) in [5.74, 6) is 0. The number of H-pyrrole nitrogens is 1. The van der Waals surface area contributed by atoms with Crippen molar-refractivity contribution in [2.24, 2.45) is 0 Å². The van der Waals surface area contributed by atoms with Crippen LogP contribution in [0.25, 0.3) is 0 Å². The quantitative estimate of drug-likeness (QED) is 0.834. The van der Waals surface area contributed by atoms with Gasteiger partial charge < -0.3 is 14.5 Å². The zero-order valence-electron chi connectivity index (χ0n) is 11.3. The molecule has 1 aromatic heterocycles. The van der Waals surface area contributed by atoms with Gasteiger partial charge in [0, 0.05) is 36.4 Å². The second-order valence-corrected chi connectivity index (χ2v) is 6.48. The Hall–Kier alpha value is -0.610. The number of imidazole rings is 1. The maximum absolute atomic E-state index is 5.36. The topological polar surface area (TPSA) is 24.0 Å². The highest BCUT2D eigenvalue weighted by Gasteiger charge is 2.26. The minimum atomic E-state index is 0.145. The second-order valence-electron chi connectivity index (χ2n) is 6.09. The molecule has 1 N–H and O–H groups in total. The maximum Gasteiger partial charge on any atom is 0.177 e. The van der Waals surface area contributed by atoms with Crippen molar-refractivity contribution in [3.8, 4) is 0 Å². The second kappa shape index (κ2) is 4.58. The smallest absolute Gasteiger partial charge is 0.177 e. The van der Waals surface area contributed by atoms with Gasteiger partial charge in [-0.15, -0.1) is 0 Å². The zero-order chi connectivity index (χ0) is 12.6. The maximum atomic E-state index is 5.36. The van der Waals surface area contributed by atoms with Gasteiger partial charge in [0.1, 0.15) is 0 Å². The molecule has 0 aromatic carbocycles. The third-order valence-electron chi connectivity index (χ3n) is 3.48. The molecule has 1 saturated carbocycles. The summed E-state index contributed by atoms with van der Waals surface area (Å²) in [7, 11) is 2.21. The van der Waals surface area contributed by atoms with Gasteiger partial charge in [-0.05, 0) is 32.1 Å². The summed E-state index contributed by atoms with van der Waals surface area (Å²) in [4.78, 5) is 5.62. The van der Waals surface area contributed by atoms with E-state index < -0.39 is 0 Å². The Kier molecular flexibility index (Phi) is 3.46. The van der Waals surface area contributed by atoms with Crippen molar-refractivity contribution in [3.63, 3.8) is 0 Å². The molecule has 0 radical (unpaired) electrons. The standard InChI is InChI=1S/C13H23N3S/c1-13(2,3)11-9-14-12(17)16(11)8-7-15(4)10-5-6-10/h9-10H,5-8H2,1-4H3,(H,14,17). The molecule has 1 fully saturated rings. The Balaban J connectivity index is 2.08. The molecule has 96 valence electrons. The molecule has 0 saturated heterocycles. The SMILES string of the molecule is CN(CCn1c(C(C)(C)C)c[nH]c1=S)C1CC1. The Labute approximate surface area is 109 Å². The molecule has 0 spiro atoms. The van der Waals surface area contributed by atoms with Crippen molar-refractivity contribution in [2.45, 2.75) is 51.6 Å². The van der Waals surface area contributed by atoms with Gasteiger partial charge >= 0.3 is 0 Å². The van der Waals surface area contributed by atoms with E-state index in [0.717, 1.165) is 23.9 Å². The lowest BCUT2D eigenvalue weighted by Gasteiger charge is -2.22. The third-order valence-corrected chi connectivity index (χ3v) is 3.82. The van der Waals surface area contributed by atoms with E-state index in [0.29, 0.717) is 0 Å². The van der Waals surface area contributed by atoms with E-state index in [1.165, 1.54) is 18.5 Å². The van der Waals surface area contributed by atoms with Crippen LogP contribution in [0.15, 0.2) is 6.20 Å². The molecular formula is C13H23N3S. The Morgan fingerprint density at radius 1 is 1.47 bits per heavy atom. The predicted molar refractivity (Wildman–Crippen MR) is 74.0 cm³/mol. The molecule has 0 atom stereocenters. The highest BCUT2D eigenvalue weighted by atomic mass is 32.1. The fraction of sp³-hybridized carbons (Fsp3) is 0.769. The van der Waals surface area contributed by atoms with Crippen molar-refractivity contribution in [1.29, 1.82) is 0 Å². The first-order valence-corrected chi connectivity index (χ1v) is 6.79. The van der Waals surface area contributed by atoms with E-state index in [1.54, 1.807) is 0 Å². The summed E-state index contributed by atoms with van der Waals surface area (Å²) in [6.07, 6.45) is 4.78. The Bertz CT molecular complexity index is 434. The Morgan fingerprint density at radius 2 is 2.12 bits per heavy atom. The van der Waals surface area contributed by atoms with Gasteiger partial charge in [0.05, 0.1) is 0 Å². The molecule has 2 rings (SSSR count). The molecule has 0 amide bonds. The number of hydrogen-bond acceptors (Lipinski definition) is 2. The molecule has 17 heavy (non-hydrogen) atoms. The molecule has 3 nitrogen and oxygen atoms in total. The minimum absolute atomic E-state index is 0.145. The number of likely N-dealkylation sites (N-methyl/N-ethyl adjacent to an activating group) is 1. The first-order chi connectivity index (χ1) is 7.89. The fourth-order valence-electron chi connectivity index (χ4n) is 2.19. The number of aromatic nitrogens is 2. The lowest BCUT2D eigenvalue weighted by Crippen LogP contribution is -2.27. The van der Waals surface area contributed by atoms with Crippen LogP contribution in [0, 0.1) is 4.77 Å². The molecule has 0 aliphatic heterocycles. The predicted octanol–water partition coefficient (Wildman–Crippen LogP) is 2.94. The summed E-state index contributed by atoms with van der Waals surface area (Å²) >= 11 is 5.36. The van der Waals surface area contributed by atoms with E-state index in [2.05, 4.69) is 48.5 Å². The van der Waals surface area contributed by atoms with Crippen LogP contribution in [0.4, 0.5) is 0 Å². The van der Waals surface area contributed by atoms with Crippen LogP contribution >= 0.6 is 12.2 Å². The number of rotatable bonds is 4. The van der Waals surface area contributed by atoms with Gasteiger partial charge in [-0.2, -0.15) is 0 Å². The number of hydrogen-bond donors (Lipinski definition) is 1. The van der Waals surface area contributed by atoms with Crippen LogP contribution in [-0.2, 0) is 12.0 Å². The van der Waals surface area contributed by atoms with Crippen molar-refractivity contribution < 1.29 is 0 Å². The molecule has 1 aromatic rings. The van der Waals surface area contributed by atoms with Crippen LogP contribution in [0.2, 0.25) is 0 Å². The Morgan fingerprint density at radius 3 is 2.65 bits per heavy atom. The third kappa shape index (κ3) is 2.99. The van der Waals surface area contributed by atoms with Crippen LogP contribution in [0.3, 0.4) is 0 Å². The molecule has 1 aliphatic rings. The first-order valence-electron chi connectivity index (χ1n) is 6.38. The lowest BCUT2D eigenvalue weighted by atomic mass is 9.92. The fourth-order valence-corrected chi connectivity index (χ4v) is 2.44. The lowest BCUT2D eigenvalue weighted by molar-refractivity contribution is 0.304. The van der Waals surface area contributed by atoms with Crippen molar-refractivity contribution >= 4 is 12.2 Å². The average Bonchev–Trinajstić information content (AvgIpc) is 2.98. The molecule has 1 heterocycles. The van der Waals surface area contributed by atoms with Gasteiger partial charge in [0.2, 0.25) is 0 Å². The molecular weight excluding hydrogens is 230 g/mol. The van der Waals surface area contributed by atoms with E-state index in [-0.39, 0.29) is 5.41 Å². The number of aromatic amines is 1. The summed E-state index contributed by atoms with van der Waals surface area (Å²) in [5, 5.41) is 0. The van der Waals surface area contributed by atoms with Gasteiger partial charge in [-0.25, -0.2) is 0 Å². The summed E-state index contributed by atoms with van der Waals surface area (Å²) in [6, 6.07) is 0.821. The van der Waals surface area contributed by atoms with Crippen LogP contribution in [0.5, 0.6) is 0 Å². The van der Waals surface area contributed by atoms with Crippen LogP contribution in [-0.4, -0.2) is 34.1 Å². The summed E-state index contributed by atoms with van der Waals surface area (Å²) in [6.45, 7) is 8.76. The number of nitrogens with one attached hydrogen (secondary N) is 1. The summed E-state index contributed by atoms with van der Waals surface area (Å²) in [5.41, 5.74) is 1.44. The van der Waals surface area contributed by atoms with E-state index in [1.807, 2.05) is 0 Å². The van der Waals surface area contributed by atoms with Crippen LogP contribution < -0.4 is 0 Å². The largest absolute Gasteiger partial charge is 0.337 e. The van der Waals surface area contributed by atoms with E-state index >= 15 is 0 Å². The first kappa shape index (κ1) is 12.8. The highest BCUT2D eigenvalue weighted by molar-refractivity contribution is 7.71. The number of nitrogens with zero attached hydrogens (tertiary/aromatic N) is 2. The van der Waals surface area contributed by atoms with Crippen molar-refractivity contribution in [1.82, 2.24) is 14.5 Å². The van der Waals surface area contributed by atoms with Gasteiger partial charge in [-0.3, -0.25) is 0 Å². The molecule has 1 aliphatic carbocycles. The van der Waals surface area contributed by atoms with E-state index in [4.69, 9.17) is 12.2 Å². The minimum Gasteiger partial charge on any atom is -0.337 e. The highest BCUT2D eigenvalue weighted by Crippen LogP contribution is 2.26. The van der Waals surface area contributed by atoms with E-state index in [9.17, 15) is 0 Å². The average molecular weight is 253 g/mol. The summed E-state index contributed by atoms with van der Waals surface area (Å²) < 4.78 is 3.09. The monoisotopic (exact) mass is 253 g/mol. The van der Waals surface area contributed by atoms with Crippen molar-refractivity contribution in [3.05, 3.63) is 16.7 Å².